The molecule has 0 radical (unpaired) electrons. The van der Waals surface area contributed by atoms with Gasteiger partial charge in [0.05, 0.1) is 33.0 Å². The number of likely N-dealkylation sites (N-methyl/N-ethyl adjacent to an activating group) is 1. The summed E-state index contributed by atoms with van der Waals surface area (Å²) in [6.07, 6.45) is 3.91. The Morgan fingerprint density at radius 2 is 1.92 bits per heavy atom. The van der Waals surface area contributed by atoms with Gasteiger partial charge in [-0.25, -0.2) is 0 Å². The maximum atomic E-state index is 11.9. The zero-order valence-electron chi connectivity index (χ0n) is 15.1. The lowest BCUT2D eigenvalue weighted by molar-refractivity contribution is 0.102. The molecule has 1 aliphatic heterocycles. The van der Waals surface area contributed by atoms with Crippen LogP contribution < -0.4 is 14.2 Å². The number of likely N-dealkylation sites (tertiary alicyclic amines) is 1. The summed E-state index contributed by atoms with van der Waals surface area (Å²) >= 11 is 0. The van der Waals surface area contributed by atoms with Crippen LogP contribution in [-0.2, 0) is 0 Å². The summed E-state index contributed by atoms with van der Waals surface area (Å²) in [6.45, 7) is 0.945. The molecule has 0 saturated carbocycles. The number of carbonyl (C=O) groups is 1. The summed E-state index contributed by atoms with van der Waals surface area (Å²) in [4.78, 5) is 14.1. The van der Waals surface area contributed by atoms with E-state index in [9.17, 15) is 9.90 Å². The van der Waals surface area contributed by atoms with E-state index < -0.39 is 6.10 Å². The second kappa shape index (κ2) is 7.06. The molecule has 3 rings (SSSR count). The summed E-state index contributed by atoms with van der Waals surface area (Å²) in [7, 11) is 6.61. The van der Waals surface area contributed by atoms with E-state index in [1.807, 2.05) is 0 Å². The molecule has 1 N–H and O–H groups in total. The van der Waals surface area contributed by atoms with Crippen molar-refractivity contribution in [2.24, 2.45) is 0 Å². The van der Waals surface area contributed by atoms with Gasteiger partial charge in [0.1, 0.15) is 0 Å². The lowest BCUT2D eigenvalue weighted by Crippen LogP contribution is -2.41. The number of aliphatic hydroxyl groups is 1. The Kier molecular flexibility index (Phi) is 5.01. The first-order valence-electron chi connectivity index (χ1n) is 8.42. The molecule has 1 aromatic rings. The topological polar surface area (TPSA) is 68.2 Å². The van der Waals surface area contributed by atoms with Gasteiger partial charge in [-0.3, -0.25) is 9.69 Å². The molecule has 3 atom stereocenters. The molecular weight excluding hydrogens is 322 g/mol. The fourth-order valence-electron chi connectivity index (χ4n) is 4.20. The second-order valence-corrected chi connectivity index (χ2v) is 6.55. The van der Waals surface area contributed by atoms with Crippen LogP contribution in [-0.4, -0.2) is 63.4 Å². The number of fused-ring (bicyclic) bond motifs is 1. The number of carbonyl (C=O) groups excluding carboxylic acids is 1. The quantitative estimate of drug-likeness (QED) is 0.649. The minimum Gasteiger partial charge on any atom is -0.493 e. The van der Waals surface area contributed by atoms with E-state index in [4.69, 9.17) is 14.2 Å². The maximum absolute atomic E-state index is 11.9. The van der Waals surface area contributed by atoms with Gasteiger partial charge in [-0.15, -0.1) is 0 Å². The van der Waals surface area contributed by atoms with Crippen molar-refractivity contribution in [2.45, 2.75) is 30.9 Å². The summed E-state index contributed by atoms with van der Waals surface area (Å²) in [6, 6.07) is 1.87. The Balaban J connectivity index is 2.21. The van der Waals surface area contributed by atoms with Crippen molar-refractivity contribution >= 4 is 6.29 Å². The predicted molar refractivity (Wildman–Crippen MR) is 94.0 cm³/mol. The van der Waals surface area contributed by atoms with E-state index in [1.165, 1.54) is 19.8 Å². The molecule has 1 heterocycles. The van der Waals surface area contributed by atoms with Gasteiger partial charge in [-0.05, 0) is 31.5 Å². The maximum Gasteiger partial charge on any atom is 0.204 e. The molecular formula is C19H25NO5. The third kappa shape index (κ3) is 2.79. The number of hydrogen-bond donors (Lipinski definition) is 1. The molecule has 0 amide bonds. The smallest absolute Gasteiger partial charge is 0.204 e. The molecule has 1 fully saturated rings. The zero-order valence-corrected chi connectivity index (χ0v) is 15.1. The summed E-state index contributed by atoms with van der Waals surface area (Å²) < 4.78 is 16.3. The van der Waals surface area contributed by atoms with Gasteiger partial charge in [-0.2, -0.15) is 0 Å². The number of ether oxygens (including phenoxy) is 3. The van der Waals surface area contributed by atoms with E-state index in [1.54, 1.807) is 13.2 Å². The van der Waals surface area contributed by atoms with Gasteiger partial charge < -0.3 is 19.3 Å². The average Bonchev–Trinajstić information content (AvgIpc) is 3.00. The van der Waals surface area contributed by atoms with E-state index >= 15 is 0 Å². The first-order chi connectivity index (χ1) is 12.1. The summed E-state index contributed by atoms with van der Waals surface area (Å²) in [5.41, 5.74) is 2.47. The van der Waals surface area contributed by atoms with Crippen LogP contribution in [0.3, 0.4) is 0 Å². The minimum atomic E-state index is -0.573. The Bertz CT molecular complexity index is 700. The second-order valence-electron chi connectivity index (χ2n) is 6.55. The largest absolute Gasteiger partial charge is 0.493 e. The highest BCUT2D eigenvalue weighted by atomic mass is 16.5. The number of methoxy groups -OCH3 is 3. The van der Waals surface area contributed by atoms with Gasteiger partial charge in [0.2, 0.25) is 5.75 Å². The van der Waals surface area contributed by atoms with Crippen LogP contribution in [0.4, 0.5) is 0 Å². The number of aldehydes is 1. The first-order valence-corrected chi connectivity index (χ1v) is 8.42. The molecule has 1 aromatic carbocycles. The highest BCUT2D eigenvalue weighted by Gasteiger charge is 2.42. The zero-order chi connectivity index (χ0) is 18.1. The van der Waals surface area contributed by atoms with E-state index in [-0.39, 0.29) is 12.0 Å². The van der Waals surface area contributed by atoms with Crippen molar-refractivity contribution in [2.75, 3.05) is 34.9 Å². The Morgan fingerprint density at radius 1 is 1.20 bits per heavy atom. The van der Waals surface area contributed by atoms with Crippen LogP contribution in [0.1, 0.15) is 34.7 Å². The summed E-state index contributed by atoms with van der Waals surface area (Å²) in [5, 5.41) is 10.8. The van der Waals surface area contributed by atoms with Crippen LogP contribution in [0.15, 0.2) is 17.7 Å². The lowest BCUT2D eigenvalue weighted by atomic mass is 9.76. The van der Waals surface area contributed by atoms with Crippen LogP contribution in [0, 0.1) is 0 Å². The van der Waals surface area contributed by atoms with Crippen molar-refractivity contribution in [1.82, 2.24) is 4.90 Å². The van der Waals surface area contributed by atoms with Crippen molar-refractivity contribution in [3.8, 4) is 17.2 Å². The molecule has 1 saturated heterocycles. The Hall–Kier alpha value is -2.05. The Labute approximate surface area is 148 Å². The van der Waals surface area contributed by atoms with Gasteiger partial charge in [0.25, 0.3) is 0 Å². The van der Waals surface area contributed by atoms with Crippen molar-refractivity contribution in [3.63, 3.8) is 0 Å². The average molecular weight is 347 g/mol. The molecule has 2 aliphatic rings. The number of hydrogen-bond acceptors (Lipinski definition) is 6. The Morgan fingerprint density at radius 3 is 2.52 bits per heavy atom. The van der Waals surface area contributed by atoms with Gasteiger partial charge in [0.15, 0.2) is 17.8 Å². The SMILES string of the molecule is COc1cc([C@@H]2[C@H](O)CC=C3CCN(C)[C@H]32)c(C=O)c(OC)c1OC. The fourth-order valence-corrected chi connectivity index (χ4v) is 4.20. The molecule has 6 heteroatoms. The molecule has 6 nitrogen and oxygen atoms in total. The van der Waals surface area contributed by atoms with Crippen LogP contribution in [0.2, 0.25) is 0 Å². The lowest BCUT2D eigenvalue weighted by Gasteiger charge is -2.37. The molecule has 0 unspecified atom stereocenters. The molecule has 0 aromatic heterocycles. The number of rotatable bonds is 5. The molecule has 1 aliphatic carbocycles. The van der Waals surface area contributed by atoms with Crippen molar-refractivity contribution < 1.29 is 24.1 Å². The normalized spacial score (nSPS) is 26.0. The van der Waals surface area contributed by atoms with Crippen molar-refractivity contribution in [3.05, 3.63) is 28.8 Å². The van der Waals surface area contributed by atoms with Crippen LogP contribution >= 0.6 is 0 Å². The van der Waals surface area contributed by atoms with Gasteiger partial charge in [-0.1, -0.05) is 11.6 Å². The van der Waals surface area contributed by atoms with Gasteiger partial charge in [0, 0.05) is 18.5 Å². The van der Waals surface area contributed by atoms with Crippen LogP contribution in [0.5, 0.6) is 17.2 Å². The van der Waals surface area contributed by atoms with Crippen molar-refractivity contribution in [1.29, 1.82) is 0 Å². The molecule has 25 heavy (non-hydrogen) atoms. The molecule has 0 spiro atoms. The molecule has 0 bridgehead atoms. The van der Waals surface area contributed by atoms with E-state index in [0.717, 1.165) is 24.8 Å². The highest BCUT2D eigenvalue weighted by Crippen LogP contribution is 2.48. The standard InChI is InChI=1S/C19H25NO5/c1-20-8-7-11-5-6-14(22)16(17(11)20)12-9-15(23-2)19(25-4)18(24-3)13(12)10-21/h5,9-10,14,16-17,22H,6-8H2,1-4H3/t14-,16-,17-/m1/s1. The highest BCUT2D eigenvalue weighted by molar-refractivity contribution is 5.85. The first kappa shape index (κ1) is 17.8. The number of aliphatic hydroxyl groups excluding tert-OH is 1. The minimum absolute atomic E-state index is 0.0743. The third-order valence-corrected chi connectivity index (χ3v) is 5.36. The fraction of sp³-hybridized carbons (Fsp3) is 0.526. The monoisotopic (exact) mass is 347 g/mol. The number of nitrogens with zero attached hydrogens (tertiary/aromatic N) is 1. The molecule has 136 valence electrons. The summed E-state index contributed by atoms with van der Waals surface area (Å²) in [5.74, 6) is 0.998. The third-order valence-electron chi connectivity index (χ3n) is 5.36. The van der Waals surface area contributed by atoms with Gasteiger partial charge >= 0.3 is 0 Å². The van der Waals surface area contributed by atoms with E-state index in [0.29, 0.717) is 29.2 Å². The predicted octanol–water partition coefficient (Wildman–Crippen LogP) is 2.00. The van der Waals surface area contributed by atoms with Crippen LogP contribution in [0.25, 0.3) is 0 Å². The van der Waals surface area contributed by atoms with E-state index in [2.05, 4.69) is 18.0 Å². The number of benzene rings is 1.